The van der Waals surface area contributed by atoms with E-state index < -0.39 is 52.2 Å². The molecule has 0 aromatic rings. The summed E-state index contributed by atoms with van der Waals surface area (Å²) in [6, 6.07) is 0. The van der Waals surface area contributed by atoms with E-state index in [1.165, 1.54) is 6.92 Å². The predicted octanol–water partition coefficient (Wildman–Crippen LogP) is 2.74. The van der Waals surface area contributed by atoms with E-state index in [1.807, 2.05) is 13.8 Å². The van der Waals surface area contributed by atoms with Crippen LogP contribution in [0.1, 0.15) is 60.3 Å². The number of rotatable bonds is 5. The zero-order chi connectivity index (χ0) is 24.5. The monoisotopic (exact) mass is 460 g/mol. The van der Waals surface area contributed by atoms with E-state index in [-0.39, 0.29) is 24.4 Å². The molecule has 33 heavy (non-hydrogen) atoms. The molecule has 2 saturated carbocycles. The van der Waals surface area contributed by atoms with Gasteiger partial charge in [0, 0.05) is 34.7 Å². The molecule has 0 radical (unpaired) electrons. The summed E-state index contributed by atoms with van der Waals surface area (Å²) < 4.78 is 11.3. The highest BCUT2D eigenvalue weighted by atomic mass is 16.6. The number of esters is 2. The smallest absolute Gasteiger partial charge is 0.308 e. The van der Waals surface area contributed by atoms with Crippen molar-refractivity contribution in [3.8, 4) is 0 Å². The summed E-state index contributed by atoms with van der Waals surface area (Å²) in [4.78, 5) is 37.8. The normalized spacial score (nSPS) is 43.9. The topological polar surface area (TPSA) is 110 Å². The molecule has 182 valence electrons. The van der Waals surface area contributed by atoms with Crippen LogP contribution in [0.4, 0.5) is 0 Å². The standard InChI is InChI=1S/C26H36O7/c1-7-24(5)9-8-16-18(22(24)30)19(28)20(29)21-25(6,12-32-23(31)13(2)3)17(33-14(4)27)10-15-11-26(15,16)21/h7,13,15,17,20-22,29-30H,1,8-12H2,2-6H3. The Morgan fingerprint density at radius 1 is 1.27 bits per heavy atom. The maximum absolute atomic E-state index is 13.5. The first-order chi connectivity index (χ1) is 15.3. The van der Waals surface area contributed by atoms with Crippen molar-refractivity contribution in [2.24, 2.45) is 34.0 Å². The molecule has 0 aromatic heterocycles. The molecule has 8 unspecified atom stereocenters. The molecule has 4 rings (SSSR count). The molecule has 7 heteroatoms. The van der Waals surface area contributed by atoms with E-state index in [2.05, 4.69) is 6.58 Å². The highest BCUT2D eigenvalue weighted by molar-refractivity contribution is 6.02. The van der Waals surface area contributed by atoms with E-state index in [1.54, 1.807) is 19.9 Å². The number of carbonyl (C=O) groups excluding carboxylic acids is 3. The predicted molar refractivity (Wildman–Crippen MR) is 120 cm³/mol. The van der Waals surface area contributed by atoms with Crippen molar-refractivity contribution >= 4 is 17.7 Å². The molecule has 8 atom stereocenters. The summed E-state index contributed by atoms with van der Waals surface area (Å²) in [6.07, 6.45) is 1.33. The average Bonchev–Trinajstić information content (AvgIpc) is 3.45. The largest absolute Gasteiger partial charge is 0.465 e. The third-order valence-corrected chi connectivity index (χ3v) is 8.97. The van der Waals surface area contributed by atoms with Crippen LogP contribution in [0.5, 0.6) is 0 Å². The lowest BCUT2D eigenvalue weighted by atomic mass is 9.50. The number of Topliss-reactive ketones (excluding diaryl/α,β-unsaturated/α-hetero) is 1. The van der Waals surface area contributed by atoms with E-state index in [9.17, 15) is 24.6 Å². The molecule has 0 heterocycles. The number of ketones is 1. The summed E-state index contributed by atoms with van der Waals surface area (Å²) >= 11 is 0. The highest BCUT2D eigenvalue weighted by Crippen LogP contribution is 2.76. The maximum Gasteiger partial charge on any atom is 0.308 e. The molecule has 0 saturated heterocycles. The Balaban J connectivity index is 1.80. The zero-order valence-electron chi connectivity index (χ0n) is 20.2. The van der Waals surface area contributed by atoms with Crippen LogP contribution in [-0.2, 0) is 23.9 Å². The van der Waals surface area contributed by atoms with Crippen LogP contribution in [0, 0.1) is 34.0 Å². The Labute approximate surface area is 195 Å². The number of aliphatic hydroxyl groups is 2. The average molecular weight is 461 g/mol. The number of allylic oxidation sites excluding steroid dienone is 1. The van der Waals surface area contributed by atoms with Gasteiger partial charge in [0.25, 0.3) is 0 Å². The van der Waals surface area contributed by atoms with Gasteiger partial charge in [-0.3, -0.25) is 14.4 Å². The van der Waals surface area contributed by atoms with E-state index >= 15 is 0 Å². The SMILES string of the molecule is C=CC1(C)CCC2=C(C(=O)C(O)C3C(C)(COC(=O)C(C)C)C(OC(C)=O)CC4CC243)C1O. The molecule has 0 aromatic carbocycles. The molecule has 4 aliphatic rings. The second kappa shape index (κ2) is 7.77. The minimum Gasteiger partial charge on any atom is -0.465 e. The van der Waals surface area contributed by atoms with E-state index in [0.29, 0.717) is 24.8 Å². The van der Waals surface area contributed by atoms with E-state index in [4.69, 9.17) is 9.47 Å². The Hall–Kier alpha value is -1.99. The fraction of sp³-hybridized carbons (Fsp3) is 0.731. The number of hydrogen-bond donors (Lipinski definition) is 2. The van der Waals surface area contributed by atoms with Crippen LogP contribution >= 0.6 is 0 Å². The molecular weight excluding hydrogens is 424 g/mol. The van der Waals surface area contributed by atoms with Crippen LogP contribution in [-0.4, -0.2) is 52.9 Å². The van der Waals surface area contributed by atoms with Gasteiger partial charge in [0.1, 0.15) is 18.8 Å². The Morgan fingerprint density at radius 2 is 1.94 bits per heavy atom. The second-order valence-electron chi connectivity index (χ2n) is 11.3. The Kier molecular flexibility index (Phi) is 5.69. The first-order valence-electron chi connectivity index (χ1n) is 11.9. The first-order valence-corrected chi connectivity index (χ1v) is 11.9. The van der Waals surface area contributed by atoms with Crippen LogP contribution in [0.2, 0.25) is 0 Å². The van der Waals surface area contributed by atoms with Crippen molar-refractivity contribution in [1.29, 1.82) is 0 Å². The number of hydrogen-bond acceptors (Lipinski definition) is 7. The summed E-state index contributed by atoms with van der Waals surface area (Å²) in [5, 5.41) is 22.6. The van der Waals surface area contributed by atoms with Gasteiger partial charge < -0.3 is 19.7 Å². The molecule has 4 aliphatic carbocycles. The third-order valence-electron chi connectivity index (χ3n) is 8.97. The number of carbonyl (C=O) groups is 3. The fourth-order valence-corrected chi connectivity index (χ4v) is 6.95. The van der Waals surface area contributed by atoms with Gasteiger partial charge in [-0.1, -0.05) is 39.3 Å². The first kappa shape index (κ1) is 24.1. The summed E-state index contributed by atoms with van der Waals surface area (Å²) in [5.41, 5.74) is -0.764. The van der Waals surface area contributed by atoms with E-state index in [0.717, 1.165) is 12.0 Å². The summed E-state index contributed by atoms with van der Waals surface area (Å²) in [5.74, 6) is -2.06. The fourth-order valence-electron chi connectivity index (χ4n) is 6.95. The minimum atomic E-state index is -1.38. The van der Waals surface area contributed by atoms with Crippen molar-refractivity contribution in [2.75, 3.05) is 6.61 Å². The Bertz CT molecular complexity index is 935. The molecule has 2 N–H and O–H groups in total. The van der Waals surface area contributed by atoms with Gasteiger partial charge in [0.15, 0.2) is 5.78 Å². The Morgan fingerprint density at radius 3 is 2.52 bits per heavy atom. The lowest BCUT2D eigenvalue weighted by Crippen LogP contribution is -2.62. The van der Waals surface area contributed by atoms with Crippen LogP contribution < -0.4 is 0 Å². The summed E-state index contributed by atoms with van der Waals surface area (Å²) in [7, 11) is 0. The minimum absolute atomic E-state index is 0.0546. The molecule has 2 fully saturated rings. The van der Waals surface area contributed by atoms with Crippen LogP contribution in [0.15, 0.2) is 23.8 Å². The van der Waals surface area contributed by atoms with Crippen LogP contribution in [0.25, 0.3) is 0 Å². The lowest BCUT2D eigenvalue weighted by molar-refractivity contribution is -0.188. The zero-order valence-corrected chi connectivity index (χ0v) is 20.2. The highest BCUT2D eigenvalue weighted by Gasteiger charge is 2.76. The molecular formula is C26H36O7. The third kappa shape index (κ3) is 3.34. The second-order valence-corrected chi connectivity index (χ2v) is 11.3. The van der Waals surface area contributed by atoms with Gasteiger partial charge in [0.2, 0.25) is 0 Å². The lowest BCUT2D eigenvalue weighted by Gasteiger charge is -2.56. The molecule has 1 spiro atoms. The quantitative estimate of drug-likeness (QED) is 0.479. The van der Waals surface area contributed by atoms with Crippen molar-refractivity contribution in [3.63, 3.8) is 0 Å². The molecule has 0 amide bonds. The van der Waals surface area contributed by atoms with Crippen LogP contribution in [0.3, 0.4) is 0 Å². The van der Waals surface area contributed by atoms with Gasteiger partial charge in [-0.15, -0.1) is 6.58 Å². The van der Waals surface area contributed by atoms with Gasteiger partial charge in [-0.25, -0.2) is 0 Å². The van der Waals surface area contributed by atoms with Crippen molar-refractivity contribution in [2.45, 2.75) is 78.6 Å². The maximum atomic E-state index is 13.5. The molecule has 0 bridgehead atoms. The van der Waals surface area contributed by atoms with Gasteiger partial charge in [-0.2, -0.15) is 0 Å². The summed E-state index contributed by atoms with van der Waals surface area (Å²) in [6.45, 7) is 12.4. The molecule has 7 nitrogen and oxygen atoms in total. The number of ether oxygens (including phenoxy) is 2. The van der Waals surface area contributed by atoms with Gasteiger partial charge in [-0.05, 0) is 31.6 Å². The van der Waals surface area contributed by atoms with Crippen molar-refractivity contribution in [1.82, 2.24) is 0 Å². The molecule has 0 aliphatic heterocycles. The van der Waals surface area contributed by atoms with Gasteiger partial charge >= 0.3 is 11.9 Å². The van der Waals surface area contributed by atoms with Gasteiger partial charge in [0.05, 0.1) is 12.0 Å². The van der Waals surface area contributed by atoms with Crippen molar-refractivity contribution in [3.05, 3.63) is 23.8 Å². The number of aliphatic hydroxyl groups excluding tert-OH is 2. The van der Waals surface area contributed by atoms with Crippen molar-refractivity contribution < 1.29 is 34.1 Å².